The van der Waals surface area contributed by atoms with E-state index < -0.39 is 24.3 Å². The minimum atomic E-state index is -1.63. The molecule has 0 spiro atoms. The zero-order valence-corrected chi connectivity index (χ0v) is 62.8. The molecule has 0 rings (SSSR count). The normalized spacial score (nSPS) is 13.2. The van der Waals surface area contributed by atoms with Gasteiger partial charge in [-0.3, -0.25) is 9.59 Å². The molecule has 548 valence electrons. The molecule has 0 aromatic rings. The molecule has 2 unspecified atom stereocenters. The van der Waals surface area contributed by atoms with Gasteiger partial charge in [-0.05, 0) is 103 Å². The molecule has 0 aliphatic rings. The van der Waals surface area contributed by atoms with Crippen molar-refractivity contribution < 1.29 is 42.9 Å². The van der Waals surface area contributed by atoms with Gasteiger partial charge in [0.15, 0.2) is 12.4 Å². The SMILES string of the molecule is CC/C=C\C/C=C\C/C=C\C/C=C\C/C=C\C/C=C\C/C=C\C/C=C\CCCCCCCCC(=O)OC(COC(=O)CCCCCCCCCCCCCCCCCCCCCCCCCCCCC/C=C\CCCCCCCCCC)COC(OCC[N+](C)(C)C)C(=O)[O-]. The molecule has 0 fully saturated rings. The van der Waals surface area contributed by atoms with Crippen molar-refractivity contribution >= 4 is 17.9 Å². The second-order valence-electron chi connectivity index (χ2n) is 28.0. The number of aliphatic carboxylic acids is 1. The number of carboxylic acid groups (broad SMARTS) is 1. The summed E-state index contributed by atoms with van der Waals surface area (Å²) in [4.78, 5) is 37.6. The van der Waals surface area contributed by atoms with E-state index >= 15 is 0 Å². The number of esters is 2. The second-order valence-corrected chi connectivity index (χ2v) is 28.0. The van der Waals surface area contributed by atoms with E-state index in [1.165, 1.54) is 218 Å². The van der Waals surface area contributed by atoms with Crippen LogP contribution in [0.2, 0.25) is 0 Å². The number of unbranched alkanes of at least 4 members (excludes halogenated alkanes) is 41. The van der Waals surface area contributed by atoms with E-state index in [0.29, 0.717) is 17.4 Å². The minimum Gasteiger partial charge on any atom is -0.545 e. The van der Waals surface area contributed by atoms with Crippen LogP contribution in [-0.2, 0) is 33.3 Å². The van der Waals surface area contributed by atoms with E-state index in [-0.39, 0.29) is 38.6 Å². The molecule has 0 amide bonds. The predicted octanol–water partition coefficient (Wildman–Crippen LogP) is 24.4. The number of hydrogen-bond acceptors (Lipinski definition) is 8. The summed E-state index contributed by atoms with van der Waals surface area (Å²) in [5, 5.41) is 11.9. The fourth-order valence-corrected chi connectivity index (χ4v) is 11.4. The summed E-state index contributed by atoms with van der Waals surface area (Å²) >= 11 is 0. The number of carbonyl (C=O) groups is 3. The number of allylic oxidation sites excluding steroid dienone is 18. The molecule has 0 radical (unpaired) electrons. The Kier molecular flexibility index (Phi) is 72.5. The lowest BCUT2D eigenvalue weighted by atomic mass is 10.0. The van der Waals surface area contributed by atoms with Crippen LogP contribution in [0.25, 0.3) is 0 Å². The third kappa shape index (κ3) is 77.2. The Balaban J connectivity index is 4.04. The highest BCUT2D eigenvalue weighted by atomic mass is 16.7. The van der Waals surface area contributed by atoms with Crippen LogP contribution in [0.3, 0.4) is 0 Å². The first kappa shape index (κ1) is 91.0. The van der Waals surface area contributed by atoms with E-state index in [1.807, 2.05) is 21.1 Å². The first-order valence-corrected chi connectivity index (χ1v) is 40.0. The van der Waals surface area contributed by atoms with Crippen LogP contribution in [0.4, 0.5) is 0 Å². The smallest absolute Gasteiger partial charge is 0.306 e. The van der Waals surface area contributed by atoms with Gasteiger partial charge >= 0.3 is 11.9 Å². The predicted molar refractivity (Wildman–Crippen MR) is 407 cm³/mol. The lowest BCUT2D eigenvalue weighted by Crippen LogP contribution is -2.44. The maximum absolute atomic E-state index is 13.0. The maximum Gasteiger partial charge on any atom is 0.306 e. The second kappa shape index (κ2) is 75.7. The van der Waals surface area contributed by atoms with Gasteiger partial charge in [-0.1, -0.05) is 354 Å². The van der Waals surface area contributed by atoms with Crippen molar-refractivity contribution in [1.29, 1.82) is 0 Å². The molecule has 9 nitrogen and oxygen atoms in total. The minimum absolute atomic E-state index is 0.141. The number of rotatable bonds is 74. The van der Waals surface area contributed by atoms with Crippen molar-refractivity contribution in [3.63, 3.8) is 0 Å². The van der Waals surface area contributed by atoms with Crippen LogP contribution in [-0.4, -0.2) is 82.3 Å². The molecule has 0 bridgehead atoms. The number of quaternary nitrogens is 1. The standard InChI is InChI=1S/C86H151NO8/c1-6-8-10-12-14-16-18-20-22-24-26-28-30-32-34-36-38-39-40-41-42-43-44-45-47-48-50-52-54-56-58-60-62-64-66-68-70-72-74-76-83(88)93-80-82(81-94-86(85(90)91)92-79-78-87(3,4)5)95-84(89)77-75-73-71-69-67-65-63-61-59-57-55-53-51-49-46-37-35-33-31-29-27-25-23-21-19-17-15-13-11-9-7-2/h9,11,15,17,21,23-24,26-27,29,33,35,46,49,53,55,59,61,82,86H,6-8,10,12-14,16,18-20,22,25,28,30-32,34,36-45,47-48,50-52,54,56-58,60,62-81H2,1-5H3/b11-9-,17-15-,23-21-,26-24-,29-27-,35-33-,49-46-,55-53-,61-59-. The van der Waals surface area contributed by atoms with Gasteiger partial charge in [0.25, 0.3) is 0 Å². The quantitative estimate of drug-likeness (QED) is 0.0195. The largest absolute Gasteiger partial charge is 0.545 e. The fourth-order valence-electron chi connectivity index (χ4n) is 11.4. The summed E-state index contributed by atoms with van der Waals surface area (Å²) in [5.74, 6) is -2.29. The highest BCUT2D eigenvalue weighted by Crippen LogP contribution is 2.19. The van der Waals surface area contributed by atoms with Gasteiger partial charge in [-0.15, -0.1) is 0 Å². The van der Waals surface area contributed by atoms with Crippen molar-refractivity contribution in [3.05, 3.63) is 109 Å². The van der Waals surface area contributed by atoms with E-state index in [1.54, 1.807) is 0 Å². The van der Waals surface area contributed by atoms with Gasteiger partial charge in [-0.25, -0.2) is 0 Å². The van der Waals surface area contributed by atoms with Crippen molar-refractivity contribution in [3.8, 4) is 0 Å². The van der Waals surface area contributed by atoms with Crippen LogP contribution in [0, 0.1) is 0 Å². The van der Waals surface area contributed by atoms with Crippen LogP contribution in [0.1, 0.15) is 361 Å². The van der Waals surface area contributed by atoms with Crippen molar-refractivity contribution in [2.24, 2.45) is 0 Å². The molecule has 0 heterocycles. The molecule has 0 saturated carbocycles. The van der Waals surface area contributed by atoms with Crippen LogP contribution in [0.5, 0.6) is 0 Å². The molecule has 0 N–H and O–H groups in total. The first-order valence-electron chi connectivity index (χ1n) is 40.0. The molecule has 0 aromatic carbocycles. The van der Waals surface area contributed by atoms with Gasteiger partial charge in [0.1, 0.15) is 13.2 Å². The number of hydrogen-bond donors (Lipinski definition) is 0. The number of likely N-dealkylation sites (N-methyl/N-ethyl adjacent to an activating group) is 1. The molecular formula is C86H151NO8. The lowest BCUT2D eigenvalue weighted by Gasteiger charge is -2.26. The van der Waals surface area contributed by atoms with Crippen molar-refractivity contribution in [2.45, 2.75) is 373 Å². The Hall–Kier alpha value is -4.05. The van der Waals surface area contributed by atoms with Crippen LogP contribution in [0.15, 0.2) is 109 Å². The van der Waals surface area contributed by atoms with E-state index in [9.17, 15) is 19.5 Å². The van der Waals surface area contributed by atoms with E-state index in [4.69, 9.17) is 18.9 Å². The molecule has 2 atom stereocenters. The average molecular weight is 1330 g/mol. The molecular weight excluding hydrogens is 1170 g/mol. The number of ether oxygens (including phenoxy) is 4. The molecule has 0 saturated heterocycles. The third-order valence-electron chi connectivity index (χ3n) is 17.5. The zero-order valence-electron chi connectivity index (χ0n) is 62.8. The van der Waals surface area contributed by atoms with E-state index in [2.05, 4.69) is 123 Å². The highest BCUT2D eigenvalue weighted by Gasteiger charge is 2.22. The summed E-state index contributed by atoms with van der Waals surface area (Å²) in [5.41, 5.74) is 0. The van der Waals surface area contributed by atoms with E-state index in [0.717, 1.165) is 109 Å². The van der Waals surface area contributed by atoms with Gasteiger partial charge in [0.2, 0.25) is 0 Å². The molecule has 95 heavy (non-hydrogen) atoms. The summed E-state index contributed by atoms with van der Waals surface area (Å²) < 4.78 is 22.8. The van der Waals surface area contributed by atoms with Gasteiger partial charge in [-0.2, -0.15) is 0 Å². The number of nitrogens with zero attached hydrogens (tertiary/aromatic N) is 1. The van der Waals surface area contributed by atoms with Crippen LogP contribution >= 0.6 is 0 Å². The summed E-state index contributed by atoms with van der Waals surface area (Å²) in [6.07, 6.45) is 104. The van der Waals surface area contributed by atoms with Crippen molar-refractivity contribution in [2.75, 3.05) is 47.5 Å². The summed E-state index contributed by atoms with van der Waals surface area (Å²) in [6, 6.07) is 0. The van der Waals surface area contributed by atoms with Gasteiger partial charge in [0, 0.05) is 12.8 Å². The summed E-state index contributed by atoms with van der Waals surface area (Å²) in [7, 11) is 5.93. The zero-order chi connectivity index (χ0) is 69.0. The Bertz CT molecular complexity index is 1930. The third-order valence-corrected chi connectivity index (χ3v) is 17.5. The first-order chi connectivity index (χ1) is 46.6. The Morgan fingerprint density at radius 3 is 0.905 bits per heavy atom. The maximum atomic E-state index is 13.0. The Morgan fingerprint density at radius 2 is 0.600 bits per heavy atom. The van der Waals surface area contributed by atoms with Crippen molar-refractivity contribution in [1.82, 2.24) is 0 Å². The monoisotopic (exact) mass is 1330 g/mol. The van der Waals surface area contributed by atoms with Gasteiger partial charge in [0.05, 0.1) is 40.3 Å². The number of carbonyl (C=O) groups excluding carboxylic acids is 3. The Morgan fingerprint density at radius 1 is 0.326 bits per heavy atom. The lowest BCUT2D eigenvalue weighted by molar-refractivity contribution is -0.870. The summed E-state index contributed by atoms with van der Waals surface area (Å²) in [6.45, 7) is 4.65. The molecule has 9 heteroatoms. The molecule has 0 aliphatic heterocycles. The molecule has 0 aromatic heterocycles. The fraction of sp³-hybridized carbons (Fsp3) is 0.756. The highest BCUT2D eigenvalue weighted by molar-refractivity contribution is 5.70. The Labute approximate surface area is 587 Å². The number of carboxylic acids is 1. The average Bonchev–Trinajstić information content (AvgIpc) is 3.24. The molecule has 0 aliphatic carbocycles. The van der Waals surface area contributed by atoms with Gasteiger partial charge < -0.3 is 33.3 Å². The topological polar surface area (TPSA) is 111 Å². The van der Waals surface area contributed by atoms with Crippen LogP contribution < -0.4 is 5.11 Å².